The molecule has 0 heterocycles. The predicted molar refractivity (Wildman–Crippen MR) is 43.4 cm³/mol. The molecule has 1 nitrogen and oxygen atoms in total. The molecule has 0 aliphatic heterocycles. The quantitative estimate of drug-likeness (QED) is 0.654. The minimum absolute atomic E-state index is 0.863. The number of benzene rings is 1. The average Bonchev–Trinajstić information content (AvgIpc) is 1.88. The van der Waals surface area contributed by atoms with Crippen LogP contribution in [0.15, 0.2) is 24.3 Å². The summed E-state index contributed by atoms with van der Waals surface area (Å²) in [5.74, 6) is 0. The molecule has 53 valence electrons. The van der Waals surface area contributed by atoms with Crippen LogP contribution in [0.2, 0.25) is 0 Å². The molecule has 0 unspecified atom stereocenters. The van der Waals surface area contributed by atoms with Crippen LogP contribution in [-0.2, 0) is 6.42 Å². The van der Waals surface area contributed by atoms with Gasteiger partial charge in [0.2, 0.25) is 0 Å². The van der Waals surface area contributed by atoms with E-state index in [1.165, 1.54) is 11.1 Å². The van der Waals surface area contributed by atoms with E-state index < -0.39 is 0 Å². The van der Waals surface area contributed by atoms with Gasteiger partial charge in [0.05, 0.1) is 0 Å². The SMILES string of the molecule is Cc1cccc(C[CH]N)c1. The maximum atomic E-state index is 5.29. The zero-order chi connectivity index (χ0) is 7.40. The van der Waals surface area contributed by atoms with Gasteiger partial charge in [0.25, 0.3) is 0 Å². The maximum absolute atomic E-state index is 5.29. The number of aryl methyl sites for hydroxylation is 1. The minimum Gasteiger partial charge on any atom is -0.326 e. The Morgan fingerprint density at radius 2 is 2.30 bits per heavy atom. The van der Waals surface area contributed by atoms with E-state index in [9.17, 15) is 0 Å². The van der Waals surface area contributed by atoms with Crippen LogP contribution in [0.4, 0.5) is 0 Å². The van der Waals surface area contributed by atoms with Crippen molar-refractivity contribution in [2.75, 3.05) is 0 Å². The highest BCUT2D eigenvalue weighted by Crippen LogP contribution is 2.04. The molecule has 0 aliphatic carbocycles. The van der Waals surface area contributed by atoms with Crippen molar-refractivity contribution < 1.29 is 0 Å². The Morgan fingerprint density at radius 1 is 1.50 bits per heavy atom. The van der Waals surface area contributed by atoms with Gasteiger partial charge in [-0.2, -0.15) is 0 Å². The van der Waals surface area contributed by atoms with Crippen LogP contribution in [-0.4, -0.2) is 0 Å². The van der Waals surface area contributed by atoms with Crippen molar-refractivity contribution in [1.29, 1.82) is 0 Å². The summed E-state index contributed by atoms with van der Waals surface area (Å²) in [4.78, 5) is 0. The largest absolute Gasteiger partial charge is 0.326 e. The fraction of sp³-hybridized carbons (Fsp3) is 0.222. The van der Waals surface area contributed by atoms with Gasteiger partial charge in [-0.05, 0) is 18.9 Å². The Balaban J connectivity index is 2.75. The Morgan fingerprint density at radius 3 is 2.90 bits per heavy atom. The maximum Gasteiger partial charge on any atom is 0.0236 e. The summed E-state index contributed by atoms with van der Waals surface area (Å²) in [6.45, 7) is 3.76. The first-order valence-electron chi connectivity index (χ1n) is 3.42. The molecule has 0 bridgehead atoms. The van der Waals surface area contributed by atoms with Gasteiger partial charge in [0, 0.05) is 6.54 Å². The van der Waals surface area contributed by atoms with Crippen LogP contribution in [0.25, 0.3) is 0 Å². The Labute approximate surface area is 61.9 Å². The van der Waals surface area contributed by atoms with Gasteiger partial charge in [0.1, 0.15) is 0 Å². The first kappa shape index (κ1) is 7.29. The van der Waals surface area contributed by atoms with E-state index in [0.717, 1.165) is 6.42 Å². The van der Waals surface area contributed by atoms with Gasteiger partial charge in [0.15, 0.2) is 0 Å². The fourth-order valence-electron chi connectivity index (χ4n) is 0.975. The minimum atomic E-state index is 0.863. The molecule has 0 amide bonds. The van der Waals surface area contributed by atoms with Gasteiger partial charge >= 0.3 is 0 Å². The lowest BCUT2D eigenvalue weighted by Gasteiger charge is -1.97. The van der Waals surface area contributed by atoms with E-state index in [4.69, 9.17) is 5.73 Å². The van der Waals surface area contributed by atoms with Crippen LogP contribution in [0.5, 0.6) is 0 Å². The summed E-state index contributed by atoms with van der Waals surface area (Å²) >= 11 is 0. The summed E-state index contributed by atoms with van der Waals surface area (Å²) in [6, 6.07) is 8.36. The Bertz CT molecular complexity index is 206. The second kappa shape index (κ2) is 3.37. The fourth-order valence-corrected chi connectivity index (χ4v) is 0.975. The van der Waals surface area contributed by atoms with Gasteiger partial charge < -0.3 is 5.73 Å². The second-order valence-electron chi connectivity index (χ2n) is 2.43. The number of nitrogens with two attached hydrogens (primary N) is 1. The first-order chi connectivity index (χ1) is 4.83. The van der Waals surface area contributed by atoms with E-state index in [0.29, 0.717) is 0 Å². The van der Waals surface area contributed by atoms with E-state index in [2.05, 4.69) is 25.1 Å². The third-order valence-corrected chi connectivity index (χ3v) is 1.44. The van der Waals surface area contributed by atoms with Crippen molar-refractivity contribution >= 4 is 0 Å². The lowest BCUT2D eigenvalue weighted by Crippen LogP contribution is -1.94. The van der Waals surface area contributed by atoms with Crippen molar-refractivity contribution in [2.45, 2.75) is 13.3 Å². The monoisotopic (exact) mass is 134 g/mol. The molecule has 1 aromatic carbocycles. The van der Waals surface area contributed by atoms with Crippen molar-refractivity contribution in [2.24, 2.45) is 5.73 Å². The summed E-state index contributed by atoms with van der Waals surface area (Å²) in [6.07, 6.45) is 0.863. The van der Waals surface area contributed by atoms with Gasteiger partial charge in [-0.15, -0.1) is 0 Å². The van der Waals surface area contributed by atoms with Crippen molar-refractivity contribution in [3.63, 3.8) is 0 Å². The topological polar surface area (TPSA) is 26.0 Å². The molecule has 0 aliphatic rings. The zero-order valence-corrected chi connectivity index (χ0v) is 6.17. The lowest BCUT2D eigenvalue weighted by atomic mass is 10.1. The van der Waals surface area contributed by atoms with Crippen molar-refractivity contribution in [1.82, 2.24) is 0 Å². The smallest absolute Gasteiger partial charge is 0.0236 e. The summed E-state index contributed by atoms with van der Waals surface area (Å²) in [5.41, 5.74) is 7.86. The molecule has 0 spiro atoms. The molecular weight excluding hydrogens is 122 g/mol. The van der Waals surface area contributed by atoms with Gasteiger partial charge in [-0.1, -0.05) is 29.8 Å². The molecule has 1 aromatic rings. The molecule has 1 radical (unpaired) electrons. The van der Waals surface area contributed by atoms with E-state index in [1.54, 1.807) is 6.54 Å². The number of hydrogen-bond acceptors (Lipinski definition) is 1. The van der Waals surface area contributed by atoms with Crippen LogP contribution >= 0.6 is 0 Å². The molecule has 0 aromatic heterocycles. The molecule has 1 heteroatoms. The van der Waals surface area contributed by atoms with E-state index in [-0.39, 0.29) is 0 Å². The summed E-state index contributed by atoms with van der Waals surface area (Å²) in [5, 5.41) is 0. The lowest BCUT2D eigenvalue weighted by molar-refractivity contribution is 1.10. The van der Waals surface area contributed by atoms with E-state index in [1.807, 2.05) is 6.07 Å². The van der Waals surface area contributed by atoms with Gasteiger partial charge in [-0.25, -0.2) is 0 Å². The normalized spacial score (nSPS) is 9.80. The highest BCUT2D eigenvalue weighted by Gasteiger charge is 1.89. The highest BCUT2D eigenvalue weighted by molar-refractivity contribution is 5.22. The Kier molecular flexibility index (Phi) is 2.46. The van der Waals surface area contributed by atoms with Crippen LogP contribution in [0.1, 0.15) is 11.1 Å². The predicted octanol–water partition coefficient (Wildman–Crippen LogP) is 1.66. The molecule has 0 atom stereocenters. The molecule has 2 N–H and O–H groups in total. The molecule has 0 fully saturated rings. The van der Waals surface area contributed by atoms with Gasteiger partial charge in [-0.3, -0.25) is 0 Å². The van der Waals surface area contributed by atoms with Crippen molar-refractivity contribution in [3.05, 3.63) is 41.9 Å². The third-order valence-electron chi connectivity index (χ3n) is 1.44. The van der Waals surface area contributed by atoms with Crippen molar-refractivity contribution in [3.8, 4) is 0 Å². The van der Waals surface area contributed by atoms with Crippen LogP contribution < -0.4 is 5.73 Å². The van der Waals surface area contributed by atoms with E-state index >= 15 is 0 Å². The third kappa shape index (κ3) is 1.85. The Hall–Kier alpha value is -0.820. The van der Waals surface area contributed by atoms with Crippen LogP contribution in [0.3, 0.4) is 0 Å². The molecule has 10 heavy (non-hydrogen) atoms. The summed E-state index contributed by atoms with van der Waals surface area (Å²) < 4.78 is 0. The average molecular weight is 134 g/mol. The first-order valence-corrected chi connectivity index (χ1v) is 3.42. The number of hydrogen-bond donors (Lipinski definition) is 1. The molecule has 0 saturated carbocycles. The highest BCUT2D eigenvalue weighted by atomic mass is 14.5. The molecule has 0 saturated heterocycles. The number of rotatable bonds is 2. The zero-order valence-electron chi connectivity index (χ0n) is 6.17. The molecule has 1 rings (SSSR count). The standard InChI is InChI=1S/C9H12N/c1-8-3-2-4-9(7-8)5-6-10/h2-4,6-7H,5,10H2,1H3. The van der Waals surface area contributed by atoms with Crippen LogP contribution in [0, 0.1) is 13.5 Å². The second-order valence-corrected chi connectivity index (χ2v) is 2.43. The molecular formula is C9H12N. The summed E-state index contributed by atoms with van der Waals surface area (Å²) in [7, 11) is 0.